The number of aryl methyl sites for hydroxylation is 1. The van der Waals surface area contributed by atoms with Crippen LogP contribution in [0, 0.1) is 6.92 Å². The lowest BCUT2D eigenvalue weighted by atomic mass is 10.3. The summed E-state index contributed by atoms with van der Waals surface area (Å²) in [6, 6.07) is 1.56. The number of unbranched alkanes of at least 4 members (excludes halogenated alkanes) is 1. The maximum absolute atomic E-state index is 4.83. The first-order valence-electron chi connectivity index (χ1n) is 7.74. The molecule has 106 valence electrons. The van der Waals surface area contributed by atoms with Gasteiger partial charge in [0.05, 0.1) is 5.69 Å². The molecule has 3 nitrogen and oxygen atoms in total. The number of thiazole rings is 1. The van der Waals surface area contributed by atoms with Gasteiger partial charge < -0.3 is 10.2 Å². The van der Waals surface area contributed by atoms with Crippen LogP contribution in [0.2, 0.25) is 0 Å². The lowest BCUT2D eigenvalue weighted by Gasteiger charge is -2.20. The molecule has 0 radical (unpaired) electrons. The van der Waals surface area contributed by atoms with E-state index in [1.54, 1.807) is 0 Å². The molecule has 0 bridgehead atoms. The molecule has 2 fully saturated rings. The molecule has 2 aliphatic rings. The molecule has 0 unspecified atom stereocenters. The van der Waals surface area contributed by atoms with E-state index in [0.29, 0.717) is 0 Å². The van der Waals surface area contributed by atoms with Crippen LogP contribution in [0.3, 0.4) is 0 Å². The molecule has 0 aromatic carbocycles. The van der Waals surface area contributed by atoms with Gasteiger partial charge in [0.25, 0.3) is 0 Å². The van der Waals surface area contributed by atoms with Crippen LogP contribution in [0.1, 0.15) is 56.0 Å². The molecule has 1 heterocycles. The van der Waals surface area contributed by atoms with Crippen LogP contribution in [0.25, 0.3) is 0 Å². The number of anilines is 1. The number of nitrogens with one attached hydrogen (secondary N) is 1. The predicted molar refractivity (Wildman–Crippen MR) is 82.0 cm³/mol. The van der Waals surface area contributed by atoms with Crippen molar-refractivity contribution in [3.8, 4) is 0 Å². The van der Waals surface area contributed by atoms with Gasteiger partial charge in [0.1, 0.15) is 0 Å². The average molecular weight is 279 g/mol. The van der Waals surface area contributed by atoms with Gasteiger partial charge in [-0.05, 0) is 39.0 Å². The van der Waals surface area contributed by atoms with Crippen molar-refractivity contribution in [2.75, 3.05) is 11.4 Å². The fraction of sp³-hybridized carbons (Fsp3) is 0.800. The molecule has 4 heteroatoms. The number of aromatic nitrogens is 1. The molecule has 1 aromatic rings. The molecule has 0 saturated heterocycles. The van der Waals surface area contributed by atoms with Crippen LogP contribution >= 0.6 is 11.3 Å². The summed E-state index contributed by atoms with van der Waals surface area (Å²) < 4.78 is 0. The van der Waals surface area contributed by atoms with Crippen molar-refractivity contribution in [1.29, 1.82) is 0 Å². The fourth-order valence-electron chi connectivity index (χ4n) is 2.37. The minimum atomic E-state index is 0.779. The number of hydrogen-bond acceptors (Lipinski definition) is 4. The minimum absolute atomic E-state index is 0.779. The van der Waals surface area contributed by atoms with Crippen molar-refractivity contribution < 1.29 is 0 Å². The second kappa shape index (κ2) is 5.80. The van der Waals surface area contributed by atoms with E-state index in [-0.39, 0.29) is 0 Å². The van der Waals surface area contributed by atoms with E-state index in [9.17, 15) is 0 Å². The molecule has 0 spiro atoms. The van der Waals surface area contributed by atoms with Gasteiger partial charge in [0.2, 0.25) is 0 Å². The van der Waals surface area contributed by atoms with Crippen LogP contribution in [0.5, 0.6) is 0 Å². The van der Waals surface area contributed by atoms with Gasteiger partial charge in [-0.1, -0.05) is 13.3 Å². The molecule has 0 aliphatic heterocycles. The van der Waals surface area contributed by atoms with Crippen LogP contribution < -0.4 is 10.2 Å². The lowest BCUT2D eigenvalue weighted by Crippen LogP contribution is -2.26. The number of rotatable bonds is 8. The van der Waals surface area contributed by atoms with E-state index < -0.39 is 0 Å². The van der Waals surface area contributed by atoms with Gasteiger partial charge >= 0.3 is 0 Å². The summed E-state index contributed by atoms with van der Waals surface area (Å²) >= 11 is 1.91. The topological polar surface area (TPSA) is 28.2 Å². The van der Waals surface area contributed by atoms with Gasteiger partial charge in [0, 0.05) is 30.1 Å². The molecule has 2 saturated carbocycles. The highest BCUT2D eigenvalue weighted by atomic mass is 32.1. The van der Waals surface area contributed by atoms with E-state index >= 15 is 0 Å². The molecule has 1 aromatic heterocycles. The molecular formula is C15H25N3S. The lowest BCUT2D eigenvalue weighted by molar-refractivity contribution is 0.691. The Morgan fingerprint density at radius 1 is 1.32 bits per heavy atom. The van der Waals surface area contributed by atoms with E-state index in [1.165, 1.54) is 60.8 Å². The predicted octanol–water partition coefficient (Wildman–Crippen LogP) is 3.47. The maximum atomic E-state index is 4.83. The zero-order chi connectivity index (χ0) is 13.2. The molecule has 1 N–H and O–H groups in total. The Balaban J connectivity index is 1.65. The molecular weight excluding hydrogens is 254 g/mol. The Kier molecular flexibility index (Phi) is 4.08. The van der Waals surface area contributed by atoms with Gasteiger partial charge in [-0.2, -0.15) is 0 Å². The van der Waals surface area contributed by atoms with Crippen molar-refractivity contribution >= 4 is 16.5 Å². The first kappa shape index (κ1) is 13.4. The van der Waals surface area contributed by atoms with E-state index in [1.807, 2.05) is 11.3 Å². The Labute approximate surface area is 120 Å². The van der Waals surface area contributed by atoms with Crippen LogP contribution in [0.15, 0.2) is 0 Å². The standard InChI is InChI=1S/C15H25N3S/c1-3-4-9-18(13-7-8-13)15-17-11(2)14(19-15)10-16-12-5-6-12/h12-13,16H,3-10H2,1-2H3. The van der Waals surface area contributed by atoms with Gasteiger partial charge in [-0.25, -0.2) is 4.98 Å². The quantitative estimate of drug-likeness (QED) is 0.790. The second-order valence-corrected chi connectivity index (χ2v) is 7.00. The SMILES string of the molecule is CCCCN(c1nc(C)c(CNC2CC2)s1)C1CC1. The highest BCUT2D eigenvalue weighted by Crippen LogP contribution is 2.35. The Morgan fingerprint density at radius 3 is 2.74 bits per heavy atom. The Morgan fingerprint density at radius 2 is 2.11 bits per heavy atom. The van der Waals surface area contributed by atoms with E-state index in [2.05, 4.69) is 24.1 Å². The van der Waals surface area contributed by atoms with Crippen LogP contribution in [-0.4, -0.2) is 23.6 Å². The first-order valence-corrected chi connectivity index (χ1v) is 8.56. The molecule has 0 amide bonds. The summed E-state index contributed by atoms with van der Waals surface area (Å²) in [6.45, 7) is 6.63. The third-order valence-electron chi connectivity index (χ3n) is 4.00. The second-order valence-electron chi connectivity index (χ2n) is 5.94. The zero-order valence-electron chi connectivity index (χ0n) is 12.1. The van der Waals surface area contributed by atoms with Crippen LogP contribution in [0.4, 0.5) is 5.13 Å². The van der Waals surface area contributed by atoms with Crippen LogP contribution in [-0.2, 0) is 6.54 Å². The van der Waals surface area contributed by atoms with Crippen molar-refractivity contribution in [3.05, 3.63) is 10.6 Å². The summed E-state index contributed by atoms with van der Waals surface area (Å²) in [5, 5.41) is 4.87. The average Bonchev–Trinajstić information content (AvgIpc) is 3.28. The largest absolute Gasteiger partial charge is 0.345 e. The van der Waals surface area contributed by atoms with Crippen molar-refractivity contribution in [2.45, 2.75) is 71.0 Å². The van der Waals surface area contributed by atoms with E-state index in [4.69, 9.17) is 4.98 Å². The number of nitrogens with zero attached hydrogens (tertiary/aromatic N) is 2. The smallest absolute Gasteiger partial charge is 0.186 e. The molecule has 0 atom stereocenters. The van der Waals surface area contributed by atoms with Crippen molar-refractivity contribution in [3.63, 3.8) is 0 Å². The Hall–Kier alpha value is -0.610. The monoisotopic (exact) mass is 279 g/mol. The minimum Gasteiger partial charge on any atom is -0.345 e. The van der Waals surface area contributed by atoms with Gasteiger partial charge in [-0.15, -0.1) is 11.3 Å². The first-order chi connectivity index (χ1) is 9.28. The summed E-state index contributed by atoms with van der Waals surface area (Å²) in [6.07, 6.45) is 7.98. The Bertz CT molecular complexity index is 421. The molecule has 19 heavy (non-hydrogen) atoms. The van der Waals surface area contributed by atoms with Crippen molar-refractivity contribution in [2.24, 2.45) is 0 Å². The highest BCUT2D eigenvalue weighted by molar-refractivity contribution is 7.15. The third-order valence-corrected chi connectivity index (χ3v) is 5.19. The third kappa shape index (κ3) is 3.48. The summed E-state index contributed by atoms with van der Waals surface area (Å²) in [5.41, 5.74) is 1.23. The normalized spacial score (nSPS) is 18.8. The van der Waals surface area contributed by atoms with E-state index in [0.717, 1.165) is 18.6 Å². The molecule has 2 aliphatic carbocycles. The highest BCUT2D eigenvalue weighted by Gasteiger charge is 2.31. The van der Waals surface area contributed by atoms with Crippen molar-refractivity contribution in [1.82, 2.24) is 10.3 Å². The fourth-order valence-corrected chi connectivity index (χ4v) is 3.48. The summed E-state index contributed by atoms with van der Waals surface area (Å²) in [5.74, 6) is 0. The zero-order valence-corrected chi connectivity index (χ0v) is 12.9. The van der Waals surface area contributed by atoms with Gasteiger partial charge in [0.15, 0.2) is 5.13 Å². The molecule has 3 rings (SSSR count). The summed E-state index contributed by atoms with van der Waals surface area (Å²) in [7, 11) is 0. The maximum Gasteiger partial charge on any atom is 0.186 e. The number of hydrogen-bond donors (Lipinski definition) is 1. The summed E-state index contributed by atoms with van der Waals surface area (Å²) in [4.78, 5) is 8.82. The van der Waals surface area contributed by atoms with Gasteiger partial charge in [-0.3, -0.25) is 0 Å².